The first-order valence-corrected chi connectivity index (χ1v) is 8.26. The van der Waals surface area contributed by atoms with Crippen LogP contribution in [0, 0.1) is 11.7 Å². The number of nitrogens with zero attached hydrogens (tertiary/aromatic N) is 1. The molecule has 0 aliphatic rings. The lowest BCUT2D eigenvalue weighted by atomic mass is 10.2. The lowest BCUT2D eigenvalue weighted by Crippen LogP contribution is -2.22. The molecule has 1 aromatic heterocycles. The van der Waals surface area contributed by atoms with Crippen molar-refractivity contribution in [1.29, 1.82) is 0 Å². The van der Waals surface area contributed by atoms with Crippen molar-refractivity contribution < 1.29 is 8.42 Å². The fourth-order valence-electron chi connectivity index (χ4n) is 1.70. The van der Waals surface area contributed by atoms with E-state index in [4.69, 9.17) is 35.9 Å². The third-order valence-corrected chi connectivity index (χ3v) is 4.48. The van der Waals surface area contributed by atoms with Gasteiger partial charge in [0.2, 0.25) is 0 Å². The van der Waals surface area contributed by atoms with Gasteiger partial charge in [-0.05, 0) is 31.3 Å². The molecule has 10 heteroatoms. The van der Waals surface area contributed by atoms with Gasteiger partial charge in [0.25, 0.3) is 10.0 Å². The molecule has 0 spiro atoms. The van der Waals surface area contributed by atoms with E-state index in [-0.39, 0.29) is 31.9 Å². The van der Waals surface area contributed by atoms with Crippen LogP contribution >= 0.6 is 24.4 Å². The first-order chi connectivity index (χ1) is 10.2. The van der Waals surface area contributed by atoms with Crippen molar-refractivity contribution in [2.45, 2.75) is 11.8 Å². The number of hydrogen-bond donors (Lipinski definition) is 4. The molecule has 1 heterocycles. The lowest BCUT2D eigenvalue weighted by Gasteiger charge is -2.03. The van der Waals surface area contributed by atoms with E-state index in [2.05, 4.69) is 14.4 Å². The van der Waals surface area contributed by atoms with Gasteiger partial charge in [-0.15, -0.1) is 4.40 Å². The zero-order valence-corrected chi connectivity index (χ0v) is 13.9. The summed E-state index contributed by atoms with van der Waals surface area (Å²) < 4.78 is 28.3. The predicted molar refractivity (Wildman–Crippen MR) is 91.0 cm³/mol. The van der Waals surface area contributed by atoms with E-state index in [9.17, 15) is 8.42 Å². The molecule has 0 radical (unpaired) electrons. The Labute approximate surface area is 137 Å². The van der Waals surface area contributed by atoms with Crippen molar-refractivity contribution in [2.75, 3.05) is 0 Å². The number of sulfonamides is 1. The lowest BCUT2D eigenvalue weighted by molar-refractivity contribution is 0.598. The molecular weight excluding hydrogens is 342 g/mol. The van der Waals surface area contributed by atoms with Crippen LogP contribution in [0.15, 0.2) is 33.6 Å². The van der Waals surface area contributed by atoms with Crippen molar-refractivity contribution in [3.05, 3.63) is 46.0 Å². The van der Waals surface area contributed by atoms with E-state index in [1.807, 2.05) is 6.92 Å². The summed E-state index contributed by atoms with van der Waals surface area (Å²) in [6.07, 6.45) is 0. The molecule has 6 N–H and O–H groups in total. The van der Waals surface area contributed by atoms with Crippen LogP contribution in [0.25, 0.3) is 0 Å². The quantitative estimate of drug-likeness (QED) is 0.369. The maximum atomic E-state index is 12.2. The summed E-state index contributed by atoms with van der Waals surface area (Å²) in [6.45, 7) is 1.85. The molecule has 22 heavy (non-hydrogen) atoms. The Morgan fingerprint density at radius 1 is 1.14 bits per heavy atom. The molecule has 0 aliphatic carbocycles. The van der Waals surface area contributed by atoms with Gasteiger partial charge >= 0.3 is 0 Å². The van der Waals surface area contributed by atoms with E-state index < -0.39 is 10.0 Å². The third-order valence-electron chi connectivity index (χ3n) is 2.77. The van der Waals surface area contributed by atoms with Crippen LogP contribution in [-0.2, 0) is 10.0 Å². The van der Waals surface area contributed by atoms with Crippen LogP contribution in [0.2, 0.25) is 0 Å². The van der Waals surface area contributed by atoms with Gasteiger partial charge in [0, 0.05) is 0 Å². The minimum Gasteiger partial charge on any atom is -0.388 e. The summed E-state index contributed by atoms with van der Waals surface area (Å²) in [5.41, 5.74) is 12.6. The zero-order chi connectivity index (χ0) is 16.5. The molecule has 0 aliphatic heterocycles. The van der Waals surface area contributed by atoms with Gasteiger partial charge in [0.1, 0.15) is 16.4 Å². The number of thiocarbonyl (C=S) groups is 1. The molecule has 0 atom stereocenters. The molecule has 0 saturated carbocycles. The highest BCUT2D eigenvalue weighted by molar-refractivity contribution is 7.90. The standard InChI is InChI=1S/C12H13N5O2S3/c1-6-2-4-7(5-3-6)22(18,19)17-10(13)8-9(11(14)20)16-12(21)15-8/h2-5H,1H3,(H2,13,17)(H2,14,20)(H2,15,16,21). The number of nitrogens with two attached hydrogens (primary N) is 2. The van der Waals surface area contributed by atoms with Crippen molar-refractivity contribution in [3.8, 4) is 0 Å². The smallest absolute Gasteiger partial charge is 0.284 e. The van der Waals surface area contributed by atoms with E-state index >= 15 is 0 Å². The molecular formula is C12H13N5O2S3. The van der Waals surface area contributed by atoms with Crippen LogP contribution in [0.1, 0.15) is 17.0 Å². The van der Waals surface area contributed by atoms with Gasteiger partial charge in [-0.1, -0.05) is 29.9 Å². The number of imidazole rings is 1. The van der Waals surface area contributed by atoms with Gasteiger partial charge < -0.3 is 21.4 Å². The molecule has 0 fully saturated rings. The summed E-state index contributed by atoms with van der Waals surface area (Å²) in [5.74, 6) is -0.282. The number of aromatic nitrogens is 2. The number of aromatic amines is 2. The molecule has 0 unspecified atom stereocenters. The van der Waals surface area contributed by atoms with Crippen molar-refractivity contribution in [3.63, 3.8) is 0 Å². The monoisotopic (exact) mass is 355 g/mol. The van der Waals surface area contributed by atoms with Crippen LogP contribution in [0.3, 0.4) is 0 Å². The fourth-order valence-corrected chi connectivity index (χ4v) is 2.99. The van der Waals surface area contributed by atoms with Crippen molar-refractivity contribution >= 4 is 45.3 Å². The summed E-state index contributed by atoms with van der Waals surface area (Å²) in [7, 11) is -3.95. The Kier molecular flexibility index (Phi) is 4.44. The Morgan fingerprint density at radius 3 is 2.23 bits per heavy atom. The molecule has 7 nitrogen and oxygen atoms in total. The minimum atomic E-state index is -3.95. The first-order valence-electron chi connectivity index (χ1n) is 6.00. The largest absolute Gasteiger partial charge is 0.388 e. The van der Waals surface area contributed by atoms with E-state index in [0.717, 1.165) is 5.56 Å². The summed E-state index contributed by atoms with van der Waals surface area (Å²) in [5, 5.41) is 0. The van der Waals surface area contributed by atoms with E-state index in [1.165, 1.54) is 12.1 Å². The van der Waals surface area contributed by atoms with Crippen LogP contribution in [0.4, 0.5) is 0 Å². The number of H-pyrrole nitrogens is 2. The average molecular weight is 355 g/mol. The molecule has 2 rings (SSSR count). The summed E-state index contributed by atoms with van der Waals surface area (Å²) in [4.78, 5) is 5.40. The third kappa shape index (κ3) is 3.40. The molecule has 0 saturated heterocycles. The van der Waals surface area contributed by atoms with Gasteiger partial charge in [-0.3, -0.25) is 0 Å². The number of aryl methyl sites for hydroxylation is 1. The Balaban J connectivity index is 2.50. The van der Waals surface area contributed by atoms with Gasteiger partial charge in [-0.25, -0.2) is 0 Å². The Hall–Kier alpha value is -2.04. The number of benzene rings is 1. The molecule has 1 aromatic carbocycles. The van der Waals surface area contributed by atoms with Crippen molar-refractivity contribution in [1.82, 2.24) is 9.97 Å². The molecule has 0 bridgehead atoms. The highest BCUT2D eigenvalue weighted by Gasteiger charge is 2.17. The molecule has 116 valence electrons. The summed E-state index contributed by atoms with van der Waals surface area (Å²) >= 11 is 9.77. The van der Waals surface area contributed by atoms with Gasteiger partial charge in [-0.2, -0.15) is 8.42 Å². The number of amidine groups is 1. The highest BCUT2D eigenvalue weighted by Crippen LogP contribution is 2.14. The van der Waals surface area contributed by atoms with Gasteiger partial charge in [0.05, 0.1) is 4.90 Å². The minimum absolute atomic E-state index is 0.00626. The highest BCUT2D eigenvalue weighted by atomic mass is 32.2. The SMILES string of the molecule is Cc1ccc(S(=O)(=O)/N=C(\N)c2[nH]c(=S)[nH]c2C(N)=S)cc1. The van der Waals surface area contributed by atoms with Crippen molar-refractivity contribution in [2.24, 2.45) is 15.9 Å². The Morgan fingerprint density at radius 2 is 1.68 bits per heavy atom. The van der Waals surface area contributed by atoms with Crippen LogP contribution < -0.4 is 11.5 Å². The number of nitrogens with one attached hydrogen (secondary N) is 2. The first kappa shape index (κ1) is 16.3. The fraction of sp³-hybridized carbons (Fsp3) is 0.0833. The topological polar surface area (TPSA) is 130 Å². The Bertz CT molecular complexity index is 907. The van der Waals surface area contributed by atoms with Crippen LogP contribution in [0.5, 0.6) is 0 Å². The predicted octanol–water partition coefficient (Wildman–Crippen LogP) is 1.11. The normalized spacial score (nSPS) is 12.3. The van der Waals surface area contributed by atoms with Crippen LogP contribution in [-0.4, -0.2) is 29.2 Å². The van der Waals surface area contributed by atoms with Gasteiger partial charge in [0.15, 0.2) is 10.6 Å². The maximum absolute atomic E-state index is 12.2. The second kappa shape index (κ2) is 5.99. The number of rotatable bonds is 4. The van der Waals surface area contributed by atoms with E-state index in [0.29, 0.717) is 0 Å². The average Bonchev–Trinajstić information content (AvgIpc) is 2.81. The molecule has 2 aromatic rings. The van der Waals surface area contributed by atoms with E-state index in [1.54, 1.807) is 12.1 Å². The second-order valence-electron chi connectivity index (χ2n) is 4.46. The number of hydrogen-bond acceptors (Lipinski definition) is 4. The zero-order valence-electron chi connectivity index (χ0n) is 11.5. The second-order valence-corrected chi connectivity index (χ2v) is 6.91. The molecule has 0 amide bonds. The maximum Gasteiger partial charge on any atom is 0.284 e. The summed E-state index contributed by atoms with van der Waals surface area (Å²) in [6, 6.07) is 6.25.